The summed E-state index contributed by atoms with van der Waals surface area (Å²) in [5.41, 5.74) is 7.53. The Hall–Kier alpha value is -4.20. The molecule has 0 spiro atoms. The first-order valence-electron chi connectivity index (χ1n) is 15.9. The summed E-state index contributed by atoms with van der Waals surface area (Å²) < 4.78 is 26.1. The van der Waals surface area contributed by atoms with Gasteiger partial charge in [-0.2, -0.15) is 4.98 Å². The van der Waals surface area contributed by atoms with E-state index in [0.717, 1.165) is 17.5 Å². The van der Waals surface area contributed by atoms with E-state index in [2.05, 4.69) is 20.3 Å². The minimum atomic E-state index is -3.46. The summed E-state index contributed by atoms with van der Waals surface area (Å²) in [6.07, 6.45) is 4.39. The fourth-order valence-electron chi connectivity index (χ4n) is 5.76. The molecule has 1 amide bonds. The minimum absolute atomic E-state index is 0.00299. The SMILES string of the molecule is CCCCS(=O)(=O)C(C)(CCCc1cc(CCc2c[nH]c3nc(N)[nH]c(=O)c23)ccc1C(=O)N[C@@H](CCC(=O)O)C(=O)O)C(C)(C)C. The zero-order chi connectivity index (χ0) is 35.2. The molecule has 0 aliphatic carbocycles. The number of unbranched alkanes of at least 4 members (excludes halogenated alkanes) is 1. The Morgan fingerprint density at radius 1 is 1.04 bits per heavy atom. The van der Waals surface area contributed by atoms with E-state index in [1.807, 2.05) is 33.8 Å². The smallest absolute Gasteiger partial charge is 0.326 e. The molecule has 7 N–H and O–H groups in total. The summed E-state index contributed by atoms with van der Waals surface area (Å²) in [7, 11) is -3.46. The maximum absolute atomic E-state index is 13.6. The number of aromatic amines is 2. The molecule has 3 rings (SSSR count). The van der Waals surface area contributed by atoms with E-state index in [0.29, 0.717) is 55.1 Å². The molecule has 1 aromatic carbocycles. The van der Waals surface area contributed by atoms with Crippen LogP contribution >= 0.6 is 0 Å². The van der Waals surface area contributed by atoms with E-state index in [9.17, 15) is 32.7 Å². The van der Waals surface area contributed by atoms with Crippen LogP contribution in [0.1, 0.15) is 100 Å². The fraction of sp³-hybridized carbons (Fsp3) is 0.545. The van der Waals surface area contributed by atoms with Crippen LogP contribution in [0.3, 0.4) is 0 Å². The van der Waals surface area contributed by atoms with Crippen LogP contribution in [0.4, 0.5) is 5.95 Å². The van der Waals surface area contributed by atoms with Crippen molar-refractivity contribution in [2.75, 3.05) is 11.5 Å². The van der Waals surface area contributed by atoms with Crippen molar-refractivity contribution in [3.05, 3.63) is 57.0 Å². The molecule has 0 saturated carbocycles. The second-order valence-electron chi connectivity index (χ2n) is 13.3. The normalized spacial score (nSPS) is 14.1. The van der Waals surface area contributed by atoms with E-state index in [4.69, 9.17) is 10.8 Å². The van der Waals surface area contributed by atoms with Crippen LogP contribution in [-0.2, 0) is 38.7 Å². The number of hydrogen-bond donors (Lipinski definition) is 6. The molecule has 47 heavy (non-hydrogen) atoms. The molecule has 3 aromatic rings. The van der Waals surface area contributed by atoms with Gasteiger partial charge in [0.2, 0.25) is 5.95 Å². The van der Waals surface area contributed by atoms with Crippen LogP contribution < -0.4 is 16.6 Å². The Balaban J connectivity index is 1.92. The third-order valence-corrected chi connectivity index (χ3v) is 12.1. The lowest BCUT2D eigenvalue weighted by Crippen LogP contribution is -2.48. The number of sulfone groups is 1. The van der Waals surface area contributed by atoms with Crippen LogP contribution in [0.2, 0.25) is 0 Å². The molecule has 2 aromatic heterocycles. The lowest BCUT2D eigenvalue weighted by atomic mass is 9.78. The molecule has 2 heterocycles. The highest BCUT2D eigenvalue weighted by Gasteiger charge is 2.47. The summed E-state index contributed by atoms with van der Waals surface area (Å²) in [5, 5.41) is 21.5. The number of aryl methyl sites for hydroxylation is 3. The van der Waals surface area contributed by atoms with Crippen molar-refractivity contribution in [3.63, 3.8) is 0 Å². The number of nitrogens with two attached hydrogens (primary N) is 1. The number of nitrogens with zero attached hydrogens (tertiary/aromatic N) is 1. The highest BCUT2D eigenvalue weighted by Crippen LogP contribution is 2.42. The number of nitrogens with one attached hydrogen (secondary N) is 3. The van der Waals surface area contributed by atoms with Gasteiger partial charge in [0.15, 0.2) is 9.84 Å². The van der Waals surface area contributed by atoms with Gasteiger partial charge in [-0.1, -0.05) is 46.2 Å². The van der Waals surface area contributed by atoms with E-state index >= 15 is 0 Å². The van der Waals surface area contributed by atoms with Crippen LogP contribution in [0.5, 0.6) is 0 Å². The number of aliphatic carboxylic acids is 2. The van der Waals surface area contributed by atoms with Gasteiger partial charge >= 0.3 is 11.9 Å². The standard InChI is InChI=1S/C33H47N5O8S/c1-6-7-17-47(45,46)33(5,32(2,3)4)16-8-9-21-18-20(10-12-22-19-35-27-26(22)29(42)38-31(34)37-27)11-13-23(21)28(41)36-24(30(43)44)14-15-25(39)40/h11,13,18-19,24H,6-10,12,14-17H2,1-5H3,(H,36,41)(H,39,40)(H,43,44)(H4,34,35,37,38,42)/t24-,33?/m0/s1. The largest absolute Gasteiger partial charge is 0.481 e. The van der Waals surface area contributed by atoms with Crippen molar-refractivity contribution in [2.45, 2.75) is 103 Å². The lowest BCUT2D eigenvalue weighted by Gasteiger charge is -2.41. The second kappa shape index (κ2) is 15.1. The van der Waals surface area contributed by atoms with Gasteiger partial charge in [0.05, 0.1) is 15.9 Å². The monoisotopic (exact) mass is 673 g/mol. The maximum atomic E-state index is 13.6. The molecule has 0 bridgehead atoms. The minimum Gasteiger partial charge on any atom is -0.481 e. The van der Waals surface area contributed by atoms with Gasteiger partial charge in [-0.25, -0.2) is 13.2 Å². The molecule has 13 nitrogen and oxygen atoms in total. The molecular formula is C33H47N5O8S. The molecule has 0 fully saturated rings. The summed E-state index contributed by atoms with van der Waals surface area (Å²) in [4.78, 5) is 58.4. The van der Waals surface area contributed by atoms with Crippen LogP contribution in [0.15, 0.2) is 29.2 Å². The molecular weight excluding hydrogens is 626 g/mol. The molecule has 0 aliphatic heterocycles. The van der Waals surface area contributed by atoms with Crippen LogP contribution in [0, 0.1) is 5.41 Å². The Bertz CT molecular complexity index is 1770. The lowest BCUT2D eigenvalue weighted by molar-refractivity contribution is -0.140. The predicted molar refractivity (Wildman–Crippen MR) is 180 cm³/mol. The number of rotatable bonds is 17. The number of nitrogen functional groups attached to an aromatic ring is 1. The number of carboxylic acid groups (broad SMARTS) is 2. The van der Waals surface area contributed by atoms with E-state index in [1.165, 1.54) is 0 Å². The molecule has 1 unspecified atom stereocenters. The molecule has 0 saturated heterocycles. The molecule has 258 valence electrons. The number of carbonyl (C=O) groups excluding carboxylic acids is 1. The Labute approximate surface area is 274 Å². The Kier molecular flexibility index (Phi) is 12.0. The predicted octanol–water partition coefficient (Wildman–Crippen LogP) is 4.01. The molecule has 0 radical (unpaired) electrons. The Morgan fingerprint density at radius 2 is 1.74 bits per heavy atom. The second-order valence-corrected chi connectivity index (χ2v) is 15.8. The molecule has 2 atom stereocenters. The summed E-state index contributed by atoms with van der Waals surface area (Å²) in [6, 6.07) is 3.79. The van der Waals surface area contributed by atoms with Crippen molar-refractivity contribution in [1.82, 2.24) is 20.3 Å². The average Bonchev–Trinajstić information content (AvgIpc) is 3.39. The first-order chi connectivity index (χ1) is 21.9. The van der Waals surface area contributed by atoms with Gasteiger partial charge in [-0.15, -0.1) is 0 Å². The van der Waals surface area contributed by atoms with E-state index in [1.54, 1.807) is 25.3 Å². The van der Waals surface area contributed by atoms with Gasteiger partial charge in [0, 0.05) is 18.2 Å². The number of carbonyl (C=O) groups is 3. The van der Waals surface area contributed by atoms with Crippen LogP contribution in [-0.4, -0.2) is 68.0 Å². The van der Waals surface area contributed by atoms with Gasteiger partial charge in [0.25, 0.3) is 11.5 Å². The van der Waals surface area contributed by atoms with Crippen LogP contribution in [0.25, 0.3) is 11.0 Å². The van der Waals surface area contributed by atoms with Gasteiger partial charge < -0.3 is 26.2 Å². The first kappa shape index (κ1) is 37.3. The summed E-state index contributed by atoms with van der Waals surface area (Å²) in [5.74, 6) is -3.09. The third-order valence-electron chi connectivity index (χ3n) is 9.13. The zero-order valence-electron chi connectivity index (χ0n) is 27.7. The van der Waals surface area contributed by atoms with Crippen molar-refractivity contribution < 1.29 is 33.0 Å². The quantitative estimate of drug-likeness (QED) is 0.121. The summed E-state index contributed by atoms with van der Waals surface area (Å²) >= 11 is 0. The number of hydrogen-bond acceptors (Lipinski definition) is 8. The molecule has 0 aliphatic rings. The number of H-pyrrole nitrogens is 2. The number of fused-ring (bicyclic) bond motifs is 1. The van der Waals surface area contributed by atoms with E-state index in [-0.39, 0.29) is 29.2 Å². The zero-order valence-corrected chi connectivity index (χ0v) is 28.6. The van der Waals surface area contributed by atoms with Crippen molar-refractivity contribution in [2.24, 2.45) is 5.41 Å². The number of aromatic nitrogens is 3. The van der Waals surface area contributed by atoms with Gasteiger partial charge in [-0.3, -0.25) is 19.4 Å². The number of amides is 1. The number of benzene rings is 1. The highest BCUT2D eigenvalue weighted by molar-refractivity contribution is 7.92. The fourth-order valence-corrected chi connectivity index (χ4v) is 8.27. The molecule has 14 heteroatoms. The van der Waals surface area contributed by atoms with Crippen molar-refractivity contribution in [1.29, 1.82) is 0 Å². The van der Waals surface area contributed by atoms with Crippen molar-refractivity contribution >= 4 is 44.7 Å². The first-order valence-corrected chi connectivity index (χ1v) is 17.5. The number of anilines is 1. The summed E-state index contributed by atoms with van der Waals surface area (Å²) in [6.45, 7) is 9.48. The third kappa shape index (κ3) is 8.99. The highest BCUT2D eigenvalue weighted by atomic mass is 32.2. The van der Waals surface area contributed by atoms with E-state index < -0.39 is 50.3 Å². The Morgan fingerprint density at radius 3 is 2.36 bits per heavy atom. The van der Waals surface area contributed by atoms with Crippen molar-refractivity contribution in [3.8, 4) is 0 Å². The number of carboxylic acids is 2. The van der Waals surface area contributed by atoms with Gasteiger partial charge in [-0.05, 0) is 80.0 Å². The maximum Gasteiger partial charge on any atom is 0.326 e. The average molecular weight is 674 g/mol. The van der Waals surface area contributed by atoms with Gasteiger partial charge in [0.1, 0.15) is 11.7 Å². The topological polar surface area (TPSA) is 225 Å².